The van der Waals surface area contributed by atoms with Gasteiger partial charge in [0.05, 0.1) is 12.1 Å². The van der Waals surface area contributed by atoms with Crippen molar-refractivity contribution in [1.82, 2.24) is 10.2 Å². The summed E-state index contributed by atoms with van der Waals surface area (Å²) in [6, 6.07) is 11.7. The summed E-state index contributed by atoms with van der Waals surface area (Å²) in [7, 11) is 0. The molecule has 2 amide bonds. The number of halogens is 3. The summed E-state index contributed by atoms with van der Waals surface area (Å²) in [5.41, 5.74) is 0.927. The fourth-order valence-electron chi connectivity index (χ4n) is 2.92. The van der Waals surface area contributed by atoms with E-state index in [1.54, 1.807) is 4.90 Å². The Kier molecular flexibility index (Phi) is 6.34. The van der Waals surface area contributed by atoms with Crippen molar-refractivity contribution in [2.75, 3.05) is 37.6 Å². The molecule has 0 aliphatic carbocycles. The molecule has 5 nitrogen and oxygen atoms in total. The van der Waals surface area contributed by atoms with Gasteiger partial charge in [0.25, 0.3) is 5.91 Å². The first-order valence-corrected chi connectivity index (χ1v) is 9.62. The molecule has 1 N–H and O–H groups in total. The number of amides is 2. The van der Waals surface area contributed by atoms with Crippen LogP contribution in [0.3, 0.4) is 0 Å². The number of carbonyl (C=O) groups excluding carboxylic acids is 2. The molecular formula is C19H18BrClFN3O2. The van der Waals surface area contributed by atoms with Crippen molar-refractivity contribution in [3.63, 3.8) is 0 Å². The topological polar surface area (TPSA) is 52.7 Å². The van der Waals surface area contributed by atoms with E-state index in [0.29, 0.717) is 35.7 Å². The highest BCUT2D eigenvalue weighted by molar-refractivity contribution is 9.10. The lowest BCUT2D eigenvalue weighted by Crippen LogP contribution is -2.51. The van der Waals surface area contributed by atoms with E-state index in [-0.39, 0.29) is 18.0 Å². The molecule has 0 radical (unpaired) electrons. The Morgan fingerprint density at radius 3 is 2.56 bits per heavy atom. The Hall–Kier alpha value is -2.12. The van der Waals surface area contributed by atoms with E-state index >= 15 is 0 Å². The smallest absolute Gasteiger partial charge is 0.254 e. The minimum Gasteiger partial charge on any atom is -0.368 e. The van der Waals surface area contributed by atoms with Gasteiger partial charge in [-0.15, -0.1) is 0 Å². The summed E-state index contributed by atoms with van der Waals surface area (Å²) in [6.07, 6.45) is 0. The summed E-state index contributed by atoms with van der Waals surface area (Å²) >= 11 is 9.23. The largest absolute Gasteiger partial charge is 0.368 e. The van der Waals surface area contributed by atoms with Gasteiger partial charge < -0.3 is 15.1 Å². The number of hydrogen-bond donors (Lipinski definition) is 1. The number of anilines is 1. The molecule has 1 fully saturated rings. The number of hydrogen-bond acceptors (Lipinski definition) is 3. The summed E-state index contributed by atoms with van der Waals surface area (Å²) < 4.78 is 14.3. The van der Waals surface area contributed by atoms with Crippen molar-refractivity contribution in [1.29, 1.82) is 0 Å². The maximum absolute atomic E-state index is 13.7. The Labute approximate surface area is 170 Å². The molecule has 142 valence electrons. The zero-order valence-corrected chi connectivity index (χ0v) is 16.8. The Morgan fingerprint density at radius 1 is 1.11 bits per heavy atom. The normalized spacial score (nSPS) is 14.2. The molecular weight excluding hydrogens is 437 g/mol. The lowest BCUT2D eigenvalue weighted by molar-refractivity contribution is -0.130. The number of nitrogens with zero attached hydrogens (tertiary/aromatic N) is 2. The summed E-state index contributed by atoms with van der Waals surface area (Å²) in [4.78, 5) is 28.3. The summed E-state index contributed by atoms with van der Waals surface area (Å²) in [6.45, 7) is 2.29. The first-order valence-electron chi connectivity index (χ1n) is 8.45. The minimum atomic E-state index is -0.627. The number of nitrogens with one attached hydrogen (secondary N) is 1. The molecule has 27 heavy (non-hydrogen) atoms. The van der Waals surface area contributed by atoms with Crippen LogP contribution in [0.2, 0.25) is 5.02 Å². The van der Waals surface area contributed by atoms with Crippen molar-refractivity contribution >= 4 is 45.0 Å². The molecule has 1 heterocycles. The molecule has 1 aliphatic heterocycles. The third-order valence-corrected chi connectivity index (χ3v) is 5.11. The molecule has 0 saturated carbocycles. The molecule has 0 atom stereocenters. The fraction of sp³-hybridized carbons (Fsp3) is 0.263. The van der Waals surface area contributed by atoms with Crippen LogP contribution in [-0.4, -0.2) is 49.4 Å². The third kappa shape index (κ3) is 4.99. The van der Waals surface area contributed by atoms with E-state index in [4.69, 9.17) is 11.6 Å². The van der Waals surface area contributed by atoms with Crippen molar-refractivity contribution in [3.05, 3.63) is 63.3 Å². The second kappa shape index (κ2) is 8.71. The molecule has 0 aromatic heterocycles. The number of rotatable bonds is 4. The summed E-state index contributed by atoms with van der Waals surface area (Å²) in [5.74, 6) is -1.43. The van der Waals surface area contributed by atoms with Crippen molar-refractivity contribution in [3.8, 4) is 0 Å². The fourth-order valence-corrected chi connectivity index (χ4v) is 3.47. The highest BCUT2D eigenvalue weighted by atomic mass is 79.9. The average Bonchev–Trinajstić information content (AvgIpc) is 2.68. The average molecular weight is 455 g/mol. The SMILES string of the molecule is O=C(NCC(=O)N1CCN(c2cccc(Cl)c2)CC1)c1cc(Br)ccc1F. The third-order valence-electron chi connectivity index (χ3n) is 4.38. The standard InChI is InChI=1S/C19H18BrClFN3O2/c20-13-4-5-17(22)16(10-13)19(27)23-12-18(26)25-8-6-24(7-9-25)15-3-1-2-14(21)11-15/h1-5,10-11H,6-9,12H2,(H,23,27). The van der Waals surface area contributed by atoms with E-state index in [1.807, 2.05) is 24.3 Å². The van der Waals surface area contributed by atoms with Crippen LogP contribution < -0.4 is 10.2 Å². The predicted octanol–water partition coefficient (Wildman–Crippen LogP) is 3.32. The van der Waals surface area contributed by atoms with Gasteiger partial charge in [0.15, 0.2) is 0 Å². The molecule has 0 spiro atoms. The highest BCUT2D eigenvalue weighted by Crippen LogP contribution is 2.21. The number of carbonyl (C=O) groups is 2. The van der Waals surface area contributed by atoms with Crippen LogP contribution in [0.5, 0.6) is 0 Å². The monoisotopic (exact) mass is 453 g/mol. The number of piperazine rings is 1. The zero-order chi connectivity index (χ0) is 19.4. The molecule has 3 rings (SSSR count). The van der Waals surface area contributed by atoms with Crippen LogP contribution >= 0.6 is 27.5 Å². The van der Waals surface area contributed by atoms with Gasteiger partial charge in [0, 0.05) is 41.4 Å². The van der Waals surface area contributed by atoms with Crippen LogP contribution in [0.15, 0.2) is 46.9 Å². The Bertz CT molecular complexity index is 857. The van der Waals surface area contributed by atoms with Gasteiger partial charge in [0.1, 0.15) is 5.82 Å². The zero-order valence-electron chi connectivity index (χ0n) is 14.4. The van der Waals surface area contributed by atoms with E-state index in [1.165, 1.54) is 18.2 Å². The molecule has 0 bridgehead atoms. The second-order valence-electron chi connectivity index (χ2n) is 6.15. The first-order chi connectivity index (χ1) is 12.9. The maximum atomic E-state index is 13.7. The van der Waals surface area contributed by atoms with E-state index in [0.717, 1.165) is 5.69 Å². The van der Waals surface area contributed by atoms with E-state index < -0.39 is 11.7 Å². The summed E-state index contributed by atoms with van der Waals surface area (Å²) in [5, 5.41) is 3.17. The van der Waals surface area contributed by atoms with Crippen LogP contribution in [0.1, 0.15) is 10.4 Å². The maximum Gasteiger partial charge on any atom is 0.254 e. The molecule has 8 heteroatoms. The van der Waals surface area contributed by atoms with E-state index in [2.05, 4.69) is 26.1 Å². The van der Waals surface area contributed by atoms with Crippen LogP contribution in [0.4, 0.5) is 10.1 Å². The Balaban J connectivity index is 1.51. The van der Waals surface area contributed by atoms with Gasteiger partial charge in [-0.2, -0.15) is 0 Å². The van der Waals surface area contributed by atoms with Gasteiger partial charge in [-0.1, -0.05) is 33.6 Å². The van der Waals surface area contributed by atoms with Crippen LogP contribution in [0.25, 0.3) is 0 Å². The molecule has 1 saturated heterocycles. The highest BCUT2D eigenvalue weighted by Gasteiger charge is 2.22. The van der Waals surface area contributed by atoms with Crippen molar-refractivity contribution in [2.45, 2.75) is 0 Å². The second-order valence-corrected chi connectivity index (χ2v) is 7.51. The minimum absolute atomic E-state index is 0.0945. The lowest BCUT2D eigenvalue weighted by Gasteiger charge is -2.36. The molecule has 1 aliphatic rings. The quantitative estimate of drug-likeness (QED) is 0.771. The molecule has 2 aromatic rings. The van der Waals surface area contributed by atoms with Crippen molar-refractivity contribution in [2.24, 2.45) is 0 Å². The van der Waals surface area contributed by atoms with Gasteiger partial charge >= 0.3 is 0 Å². The van der Waals surface area contributed by atoms with Gasteiger partial charge in [0.2, 0.25) is 5.91 Å². The van der Waals surface area contributed by atoms with Gasteiger partial charge in [-0.05, 0) is 36.4 Å². The molecule has 2 aromatic carbocycles. The van der Waals surface area contributed by atoms with Crippen LogP contribution in [-0.2, 0) is 4.79 Å². The number of benzene rings is 2. The predicted molar refractivity (Wildman–Crippen MR) is 107 cm³/mol. The van der Waals surface area contributed by atoms with Crippen LogP contribution in [0, 0.1) is 5.82 Å². The van der Waals surface area contributed by atoms with Gasteiger partial charge in [-0.3, -0.25) is 9.59 Å². The molecule has 0 unspecified atom stereocenters. The lowest BCUT2D eigenvalue weighted by atomic mass is 10.2. The van der Waals surface area contributed by atoms with Crippen molar-refractivity contribution < 1.29 is 14.0 Å². The van der Waals surface area contributed by atoms with Gasteiger partial charge in [-0.25, -0.2) is 4.39 Å². The van der Waals surface area contributed by atoms with E-state index in [9.17, 15) is 14.0 Å². The Morgan fingerprint density at radius 2 is 1.85 bits per heavy atom. The first kappa shape index (κ1) is 19.6.